The second-order valence-corrected chi connectivity index (χ2v) is 5.56. The van der Waals surface area contributed by atoms with Crippen molar-refractivity contribution >= 4 is 16.8 Å². The number of aliphatic hydroxyl groups is 1. The van der Waals surface area contributed by atoms with Gasteiger partial charge in [-0.15, -0.1) is 0 Å². The van der Waals surface area contributed by atoms with Crippen molar-refractivity contribution in [2.75, 3.05) is 13.2 Å². The molecule has 0 saturated heterocycles. The molecule has 1 unspecified atom stereocenters. The standard InChI is InChI=1S/C18H24N2O2/c1-14(6-5-13-21)20-18(22)19-12-11-16-9-4-8-15-7-2-3-10-17(15)16/h2-4,7-10,14,21H,5-6,11-13H2,1H3,(H2,19,20,22). The molecule has 22 heavy (non-hydrogen) atoms. The third-order valence-corrected chi connectivity index (χ3v) is 3.73. The molecule has 2 rings (SSSR count). The molecule has 0 fully saturated rings. The summed E-state index contributed by atoms with van der Waals surface area (Å²) in [6.45, 7) is 2.71. The van der Waals surface area contributed by atoms with Gasteiger partial charge in [-0.25, -0.2) is 4.79 Å². The van der Waals surface area contributed by atoms with Gasteiger partial charge in [0.15, 0.2) is 0 Å². The van der Waals surface area contributed by atoms with E-state index in [1.54, 1.807) is 0 Å². The summed E-state index contributed by atoms with van der Waals surface area (Å²) in [5.41, 5.74) is 1.24. The first-order chi connectivity index (χ1) is 10.7. The van der Waals surface area contributed by atoms with Crippen LogP contribution in [0.15, 0.2) is 42.5 Å². The van der Waals surface area contributed by atoms with Gasteiger partial charge in [-0.1, -0.05) is 42.5 Å². The lowest BCUT2D eigenvalue weighted by atomic mass is 10.0. The van der Waals surface area contributed by atoms with Crippen LogP contribution >= 0.6 is 0 Å². The van der Waals surface area contributed by atoms with Gasteiger partial charge < -0.3 is 15.7 Å². The zero-order valence-electron chi connectivity index (χ0n) is 13.0. The third kappa shape index (κ3) is 4.74. The minimum absolute atomic E-state index is 0.0738. The predicted octanol–water partition coefficient (Wildman–Crippen LogP) is 2.84. The van der Waals surface area contributed by atoms with Gasteiger partial charge in [-0.2, -0.15) is 0 Å². The largest absolute Gasteiger partial charge is 0.396 e. The van der Waals surface area contributed by atoms with Crippen LogP contribution in [-0.4, -0.2) is 30.3 Å². The third-order valence-electron chi connectivity index (χ3n) is 3.73. The van der Waals surface area contributed by atoms with Gasteiger partial charge in [0, 0.05) is 19.2 Å². The van der Waals surface area contributed by atoms with Gasteiger partial charge in [0.2, 0.25) is 0 Å². The number of hydrogen-bond acceptors (Lipinski definition) is 2. The van der Waals surface area contributed by atoms with Crippen LogP contribution in [0.4, 0.5) is 4.79 Å². The minimum Gasteiger partial charge on any atom is -0.396 e. The Hall–Kier alpha value is -2.07. The molecular weight excluding hydrogens is 276 g/mol. The first-order valence-corrected chi connectivity index (χ1v) is 7.82. The number of nitrogens with one attached hydrogen (secondary N) is 2. The van der Waals surface area contributed by atoms with Gasteiger partial charge >= 0.3 is 6.03 Å². The lowest BCUT2D eigenvalue weighted by Gasteiger charge is -2.14. The Morgan fingerprint density at radius 3 is 2.77 bits per heavy atom. The summed E-state index contributed by atoms with van der Waals surface area (Å²) < 4.78 is 0. The molecule has 0 aliphatic rings. The molecule has 2 amide bonds. The number of fused-ring (bicyclic) bond motifs is 1. The molecule has 3 N–H and O–H groups in total. The topological polar surface area (TPSA) is 61.4 Å². The Bertz CT molecular complexity index is 608. The van der Waals surface area contributed by atoms with Crippen LogP contribution < -0.4 is 10.6 Å². The van der Waals surface area contributed by atoms with Crippen LogP contribution in [0.5, 0.6) is 0 Å². The van der Waals surface area contributed by atoms with Crippen LogP contribution in [0.2, 0.25) is 0 Å². The number of carbonyl (C=O) groups is 1. The Morgan fingerprint density at radius 2 is 1.95 bits per heavy atom. The molecule has 1 atom stereocenters. The van der Waals surface area contributed by atoms with E-state index in [1.807, 2.05) is 19.1 Å². The molecule has 2 aromatic carbocycles. The van der Waals surface area contributed by atoms with Crippen LogP contribution in [-0.2, 0) is 6.42 Å². The number of carbonyl (C=O) groups excluding carboxylic acids is 1. The predicted molar refractivity (Wildman–Crippen MR) is 90.0 cm³/mol. The van der Waals surface area contributed by atoms with E-state index < -0.39 is 0 Å². The second-order valence-electron chi connectivity index (χ2n) is 5.56. The summed E-state index contributed by atoms with van der Waals surface area (Å²) in [6.07, 6.45) is 2.30. The first kappa shape index (κ1) is 16.3. The van der Waals surface area contributed by atoms with Crippen LogP contribution in [0.25, 0.3) is 10.8 Å². The van der Waals surface area contributed by atoms with Crippen molar-refractivity contribution in [1.82, 2.24) is 10.6 Å². The highest BCUT2D eigenvalue weighted by Crippen LogP contribution is 2.18. The number of rotatable bonds is 7. The van der Waals surface area contributed by atoms with E-state index in [9.17, 15) is 4.79 Å². The van der Waals surface area contributed by atoms with Crippen molar-refractivity contribution in [3.63, 3.8) is 0 Å². The number of aliphatic hydroxyl groups excluding tert-OH is 1. The molecule has 118 valence electrons. The number of amides is 2. The maximum atomic E-state index is 11.8. The Balaban J connectivity index is 1.81. The number of urea groups is 1. The molecule has 0 aliphatic heterocycles. The quantitative estimate of drug-likeness (QED) is 0.736. The Kier molecular flexibility index (Phi) is 6.22. The maximum Gasteiger partial charge on any atom is 0.315 e. The van der Waals surface area contributed by atoms with Crippen molar-refractivity contribution in [3.8, 4) is 0 Å². The molecule has 0 heterocycles. The van der Waals surface area contributed by atoms with Crippen molar-refractivity contribution in [3.05, 3.63) is 48.0 Å². The van der Waals surface area contributed by atoms with Crippen LogP contribution in [0, 0.1) is 0 Å². The Labute approximate surface area is 131 Å². The lowest BCUT2D eigenvalue weighted by Crippen LogP contribution is -2.41. The van der Waals surface area contributed by atoms with E-state index in [0.29, 0.717) is 13.0 Å². The summed E-state index contributed by atoms with van der Waals surface area (Å²) in [4.78, 5) is 11.8. The molecule has 2 aromatic rings. The molecule has 0 aromatic heterocycles. The normalized spacial score (nSPS) is 12.1. The fourth-order valence-electron chi connectivity index (χ4n) is 2.57. The number of benzene rings is 2. The summed E-state index contributed by atoms with van der Waals surface area (Å²) in [6, 6.07) is 14.5. The van der Waals surface area contributed by atoms with E-state index >= 15 is 0 Å². The smallest absolute Gasteiger partial charge is 0.315 e. The Morgan fingerprint density at radius 1 is 1.18 bits per heavy atom. The highest BCUT2D eigenvalue weighted by atomic mass is 16.3. The van der Waals surface area contributed by atoms with Crippen LogP contribution in [0.1, 0.15) is 25.3 Å². The zero-order chi connectivity index (χ0) is 15.8. The van der Waals surface area contributed by atoms with E-state index in [-0.39, 0.29) is 18.7 Å². The van der Waals surface area contributed by atoms with Crippen molar-refractivity contribution in [1.29, 1.82) is 0 Å². The summed E-state index contributed by atoms with van der Waals surface area (Å²) in [5, 5.41) is 17.0. The molecule has 0 spiro atoms. The SMILES string of the molecule is CC(CCCO)NC(=O)NCCc1cccc2ccccc12. The average molecular weight is 300 g/mol. The van der Waals surface area contributed by atoms with Gasteiger partial charge in [0.25, 0.3) is 0 Å². The van der Waals surface area contributed by atoms with Crippen molar-refractivity contribution in [2.24, 2.45) is 0 Å². The van der Waals surface area contributed by atoms with Gasteiger partial charge in [-0.05, 0) is 42.5 Å². The molecule has 4 nitrogen and oxygen atoms in total. The monoisotopic (exact) mass is 300 g/mol. The first-order valence-electron chi connectivity index (χ1n) is 7.82. The van der Waals surface area contributed by atoms with Gasteiger partial charge in [-0.3, -0.25) is 0 Å². The van der Waals surface area contributed by atoms with E-state index in [4.69, 9.17) is 5.11 Å². The van der Waals surface area contributed by atoms with E-state index in [1.165, 1.54) is 16.3 Å². The highest BCUT2D eigenvalue weighted by molar-refractivity contribution is 5.85. The molecule has 0 radical (unpaired) electrons. The highest BCUT2D eigenvalue weighted by Gasteiger charge is 2.06. The molecule has 4 heteroatoms. The summed E-state index contributed by atoms with van der Waals surface area (Å²) in [7, 11) is 0. The van der Waals surface area contributed by atoms with Crippen LogP contribution in [0.3, 0.4) is 0 Å². The van der Waals surface area contributed by atoms with Gasteiger partial charge in [0.1, 0.15) is 0 Å². The molecule has 0 bridgehead atoms. The second kappa shape index (κ2) is 8.39. The molecule has 0 saturated carbocycles. The minimum atomic E-state index is -0.148. The fraction of sp³-hybridized carbons (Fsp3) is 0.389. The van der Waals surface area contributed by atoms with Crippen molar-refractivity contribution in [2.45, 2.75) is 32.2 Å². The fourth-order valence-corrected chi connectivity index (χ4v) is 2.57. The summed E-state index contributed by atoms with van der Waals surface area (Å²) >= 11 is 0. The van der Waals surface area contributed by atoms with E-state index in [2.05, 4.69) is 41.0 Å². The maximum absolute atomic E-state index is 11.8. The molecule has 0 aliphatic carbocycles. The lowest BCUT2D eigenvalue weighted by molar-refractivity contribution is 0.234. The van der Waals surface area contributed by atoms with Gasteiger partial charge in [0.05, 0.1) is 0 Å². The van der Waals surface area contributed by atoms with E-state index in [0.717, 1.165) is 12.8 Å². The average Bonchev–Trinajstić information content (AvgIpc) is 2.53. The number of hydrogen-bond donors (Lipinski definition) is 3. The summed E-state index contributed by atoms with van der Waals surface area (Å²) in [5.74, 6) is 0. The van der Waals surface area contributed by atoms with Crippen molar-refractivity contribution < 1.29 is 9.90 Å². The molecular formula is C18H24N2O2. The zero-order valence-corrected chi connectivity index (χ0v) is 13.0.